The minimum Gasteiger partial charge on any atom is -0.283 e. The van der Waals surface area contributed by atoms with Crippen molar-refractivity contribution in [1.29, 1.82) is 0 Å². The third-order valence-electron chi connectivity index (χ3n) is 3.66. The summed E-state index contributed by atoms with van der Waals surface area (Å²) in [6.45, 7) is 4.12. The number of hydrogen-bond acceptors (Lipinski definition) is 4. The van der Waals surface area contributed by atoms with Crippen molar-refractivity contribution in [2.45, 2.75) is 58.8 Å². The molecule has 0 bridgehead atoms. The maximum absolute atomic E-state index is 11.2. The molecule has 2 rings (SSSR count). The van der Waals surface area contributed by atoms with E-state index < -0.39 is 0 Å². The minimum absolute atomic E-state index is 0.00463. The first-order valence-corrected chi connectivity index (χ1v) is 7.55. The van der Waals surface area contributed by atoms with Crippen molar-refractivity contribution in [2.75, 3.05) is 13.1 Å². The zero-order valence-electron chi connectivity index (χ0n) is 12.9. The molecule has 0 unspecified atom stereocenters. The Morgan fingerprint density at radius 1 is 0.714 bits per heavy atom. The van der Waals surface area contributed by atoms with Gasteiger partial charge in [-0.15, -0.1) is 0 Å². The van der Waals surface area contributed by atoms with Gasteiger partial charge in [0.25, 0.3) is 0 Å². The summed E-state index contributed by atoms with van der Waals surface area (Å²) >= 11 is 0. The summed E-state index contributed by atoms with van der Waals surface area (Å²) in [5.74, 6) is -0.254. The molecule has 0 atom stereocenters. The summed E-state index contributed by atoms with van der Waals surface area (Å²) in [5.41, 5.74) is 0. The van der Waals surface area contributed by atoms with E-state index in [1.807, 2.05) is 0 Å². The largest absolute Gasteiger partial charge is 0.283 e. The molecule has 2 aliphatic heterocycles. The lowest BCUT2D eigenvalue weighted by Crippen LogP contribution is -2.38. The van der Waals surface area contributed by atoms with Crippen LogP contribution in [0.25, 0.3) is 0 Å². The van der Waals surface area contributed by atoms with Crippen LogP contribution in [-0.2, 0) is 19.2 Å². The van der Waals surface area contributed by atoms with Crippen LogP contribution in [0.4, 0.5) is 0 Å². The number of amides is 4. The number of nitrogens with zero attached hydrogens (tertiary/aromatic N) is 2. The fourth-order valence-corrected chi connectivity index (χ4v) is 2.45. The fraction of sp³-hybridized carbons (Fsp3) is 0.733. The lowest BCUT2D eigenvalue weighted by molar-refractivity contribution is -0.146. The van der Waals surface area contributed by atoms with Gasteiger partial charge in [0.1, 0.15) is 0 Å². The SMILES string of the molecule is CC(=O)N1CCCCC1=O.CC(=O)N1CCCCCC1=O. The zero-order valence-corrected chi connectivity index (χ0v) is 12.9. The highest BCUT2D eigenvalue weighted by Gasteiger charge is 2.20. The van der Waals surface area contributed by atoms with Crippen LogP contribution in [0.3, 0.4) is 0 Å². The van der Waals surface area contributed by atoms with Gasteiger partial charge in [-0.25, -0.2) is 0 Å². The van der Waals surface area contributed by atoms with E-state index >= 15 is 0 Å². The smallest absolute Gasteiger partial charge is 0.229 e. The molecule has 118 valence electrons. The number of likely N-dealkylation sites (tertiary alicyclic amines) is 2. The summed E-state index contributed by atoms with van der Waals surface area (Å²) < 4.78 is 0. The van der Waals surface area contributed by atoms with E-state index in [0.29, 0.717) is 25.9 Å². The Kier molecular flexibility index (Phi) is 7.05. The normalized spacial score (nSPS) is 19.5. The first-order valence-electron chi connectivity index (χ1n) is 7.55. The molecule has 0 aromatic rings. The maximum Gasteiger partial charge on any atom is 0.229 e. The van der Waals surface area contributed by atoms with E-state index in [4.69, 9.17) is 0 Å². The molecule has 0 aliphatic carbocycles. The molecule has 6 nitrogen and oxygen atoms in total. The first-order chi connectivity index (χ1) is 9.93. The van der Waals surface area contributed by atoms with Crippen molar-refractivity contribution in [2.24, 2.45) is 0 Å². The highest BCUT2D eigenvalue weighted by Crippen LogP contribution is 2.11. The van der Waals surface area contributed by atoms with Gasteiger partial charge in [0.15, 0.2) is 0 Å². The Balaban J connectivity index is 0.000000211. The predicted octanol–water partition coefficient (Wildman–Crippen LogP) is 1.48. The molecule has 0 N–H and O–H groups in total. The standard InChI is InChI=1S/C8H13NO2.C7H11NO2/c1-7(10)9-6-4-2-3-5-8(9)11;1-6(9)8-5-3-2-4-7(8)10/h2-6H2,1H3;2-5H2,1H3. The van der Waals surface area contributed by atoms with Crippen LogP contribution in [0.15, 0.2) is 0 Å². The molecule has 0 aromatic heterocycles. The molecule has 0 spiro atoms. The minimum atomic E-state index is -0.121. The van der Waals surface area contributed by atoms with Gasteiger partial charge in [-0.1, -0.05) is 6.42 Å². The van der Waals surface area contributed by atoms with Gasteiger partial charge in [0.2, 0.25) is 23.6 Å². The van der Waals surface area contributed by atoms with Crippen molar-refractivity contribution in [1.82, 2.24) is 9.80 Å². The number of imide groups is 2. The van der Waals surface area contributed by atoms with Crippen molar-refractivity contribution in [3.8, 4) is 0 Å². The van der Waals surface area contributed by atoms with Crippen LogP contribution in [-0.4, -0.2) is 46.5 Å². The fourth-order valence-electron chi connectivity index (χ4n) is 2.45. The number of carbonyl (C=O) groups excluding carboxylic acids is 4. The monoisotopic (exact) mass is 296 g/mol. The predicted molar refractivity (Wildman–Crippen MR) is 77.1 cm³/mol. The van der Waals surface area contributed by atoms with E-state index in [-0.39, 0.29) is 23.6 Å². The van der Waals surface area contributed by atoms with Crippen LogP contribution in [0.1, 0.15) is 58.8 Å². The Labute approximate surface area is 125 Å². The molecule has 2 heterocycles. The van der Waals surface area contributed by atoms with E-state index in [9.17, 15) is 19.2 Å². The molecular weight excluding hydrogens is 272 g/mol. The second-order valence-corrected chi connectivity index (χ2v) is 5.40. The summed E-state index contributed by atoms with van der Waals surface area (Å²) in [4.78, 5) is 46.4. The van der Waals surface area contributed by atoms with Gasteiger partial charge in [-0.3, -0.25) is 29.0 Å². The van der Waals surface area contributed by atoms with Gasteiger partial charge in [-0.05, 0) is 25.7 Å². The summed E-state index contributed by atoms with van der Waals surface area (Å²) in [6.07, 6.45) is 5.94. The second-order valence-electron chi connectivity index (χ2n) is 5.40. The first kappa shape index (κ1) is 17.3. The molecule has 0 radical (unpaired) electrons. The number of carbonyl (C=O) groups is 4. The van der Waals surface area contributed by atoms with Crippen molar-refractivity contribution < 1.29 is 19.2 Å². The van der Waals surface area contributed by atoms with E-state index in [1.54, 1.807) is 0 Å². The molecule has 0 saturated carbocycles. The van der Waals surface area contributed by atoms with Crippen LogP contribution in [0.2, 0.25) is 0 Å². The van der Waals surface area contributed by atoms with Gasteiger partial charge >= 0.3 is 0 Å². The van der Waals surface area contributed by atoms with Crippen LogP contribution in [0, 0.1) is 0 Å². The Bertz CT molecular complexity index is 420. The van der Waals surface area contributed by atoms with Gasteiger partial charge in [0, 0.05) is 39.8 Å². The lowest BCUT2D eigenvalue weighted by atomic mass is 10.1. The number of piperidine rings is 1. The van der Waals surface area contributed by atoms with E-state index in [0.717, 1.165) is 32.1 Å². The molecule has 0 aromatic carbocycles. The van der Waals surface area contributed by atoms with Gasteiger partial charge in [0.05, 0.1) is 0 Å². The quantitative estimate of drug-likeness (QED) is 0.678. The van der Waals surface area contributed by atoms with Crippen molar-refractivity contribution in [3.63, 3.8) is 0 Å². The van der Waals surface area contributed by atoms with Crippen molar-refractivity contribution in [3.05, 3.63) is 0 Å². The van der Waals surface area contributed by atoms with Gasteiger partial charge in [-0.2, -0.15) is 0 Å². The molecule has 6 heteroatoms. The topological polar surface area (TPSA) is 74.8 Å². The average Bonchev–Trinajstić information content (AvgIpc) is 2.64. The molecular formula is C15H24N2O4. The van der Waals surface area contributed by atoms with Crippen LogP contribution < -0.4 is 0 Å². The van der Waals surface area contributed by atoms with Crippen LogP contribution in [0.5, 0.6) is 0 Å². The highest BCUT2D eigenvalue weighted by molar-refractivity contribution is 5.94. The molecule has 2 aliphatic rings. The average molecular weight is 296 g/mol. The third kappa shape index (κ3) is 5.65. The third-order valence-corrected chi connectivity index (χ3v) is 3.66. The lowest BCUT2D eigenvalue weighted by Gasteiger charge is -2.22. The van der Waals surface area contributed by atoms with Crippen molar-refractivity contribution >= 4 is 23.6 Å². The number of rotatable bonds is 0. The number of hydrogen-bond donors (Lipinski definition) is 0. The van der Waals surface area contributed by atoms with E-state index in [2.05, 4.69) is 0 Å². The summed E-state index contributed by atoms with van der Waals surface area (Å²) in [6, 6.07) is 0. The molecule has 2 saturated heterocycles. The highest BCUT2D eigenvalue weighted by atomic mass is 16.2. The summed E-state index contributed by atoms with van der Waals surface area (Å²) in [7, 11) is 0. The van der Waals surface area contributed by atoms with Crippen LogP contribution >= 0.6 is 0 Å². The zero-order chi connectivity index (χ0) is 15.8. The van der Waals surface area contributed by atoms with Gasteiger partial charge < -0.3 is 0 Å². The molecule has 4 amide bonds. The Hall–Kier alpha value is -1.72. The Morgan fingerprint density at radius 2 is 1.10 bits per heavy atom. The molecule has 21 heavy (non-hydrogen) atoms. The maximum atomic E-state index is 11.2. The Morgan fingerprint density at radius 3 is 1.52 bits per heavy atom. The molecule has 2 fully saturated rings. The van der Waals surface area contributed by atoms with E-state index in [1.165, 1.54) is 23.6 Å². The summed E-state index contributed by atoms with van der Waals surface area (Å²) in [5, 5.41) is 0. The second kappa shape index (κ2) is 8.54.